The van der Waals surface area contributed by atoms with E-state index < -0.39 is 0 Å². The number of nitrogens with zero attached hydrogens (tertiary/aromatic N) is 2. The summed E-state index contributed by atoms with van der Waals surface area (Å²) >= 11 is 0. The van der Waals surface area contributed by atoms with E-state index in [1.54, 1.807) is 7.11 Å². The predicted octanol–water partition coefficient (Wildman–Crippen LogP) is 3.92. The van der Waals surface area contributed by atoms with Gasteiger partial charge < -0.3 is 20.3 Å². The van der Waals surface area contributed by atoms with Crippen LogP contribution in [-0.2, 0) is 6.42 Å². The van der Waals surface area contributed by atoms with Crippen LogP contribution < -0.4 is 15.4 Å². The summed E-state index contributed by atoms with van der Waals surface area (Å²) in [7, 11) is 3.54. The fourth-order valence-corrected chi connectivity index (χ4v) is 2.99. The second kappa shape index (κ2) is 16.0. The van der Waals surface area contributed by atoms with Crippen LogP contribution in [0.15, 0.2) is 29.3 Å². The summed E-state index contributed by atoms with van der Waals surface area (Å²) in [5.74, 6) is 1.82. The third-order valence-corrected chi connectivity index (χ3v) is 4.68. The van der Waals surface area contributed by atoms with Crippen molar-refractivity contribution in [2.24, 2.45) is 4.99 Å². The molecule has 0 fully saturated rings. The lowest BCUT2D eigenvalue weighted by Crippen LogP contribution is -2.42. The molecule has 0 aromatic heterocycles. The molecular weight excluding hydrogens is 451 g/mol. The van der Waals surface area contributed by atoms with Crippen molar-refractivity contribution < 1.29 is 4.74 Å². The smallest absolute Gasteiger partial charge is 0.191 e. The fourth-order valence-electron chi connectivity index (χ4n) is 2.99. The number of hydrogen-bond acceptors (Lipinski definition) is 3. The molecule has 0 saturated carbocycles. The molecule has 0 bridgehead atoms. The highest BCUT2D eigenvalue weighted by Crippen LogP contribution is 2.13. The third-order valence-electron chi connectivity index (χ3n) is 4.68. The van der Waals surface area contributed by atoms with Crippen molar-refractivity contribution in [3.8, 4) is 5.75 Å². The number of guanidine groups is 1. The van der Waals surface area contributed by atoms with Crippen LogP contribution in [0.25, 0.3) is 0 Å². The SMILES string of the molecule is CCN(CC)CCCC(C)NC(=NC)NCCCc1cccc(OC)c1.I. The standard InChI is InChI=1S/C21H38N4O.HI/c1-6-25(7-2)16-10-11-18(3)24-21(22-4)23-15-9-13-19-12-8-14-20(17-19)26-5;/h8,12,14,17-18H,6-7,9-11,13,15-16H2,1-5H3,(H2,22,23,24);1H. The van der Waals surface area contributed by atoms with Crippen LogP contribution in [0.1, 0.15) is 45.6 Å². The number of rotatable bonds is 12. The van der Waals surface area contributed by atoms with E-state index in [0.717, 1.165) is 50.6 Å². The van der Waals surface area contributed by atoms with Gasteiger partial charge in [0.05, 0.1) is 7.11 Å². The Bertz CT molecular complexity index is 521. The molecule has 2 N–H and O–H groups in total. The molecule has 1 aromatic carbocycles. The first-order valence-corrected chi connectivity index (χ1v) is 9.95. The minimum atomic E-state index is 0. The summed E-state index contributed by atoms with van der Waals surface area (Å²) in [6, 6.07) is 8.70. The molecule has 1 unspecified atom stereocenters. The second-order valence-electron chi connectivity index (χ2n) is 6.67. The monoisotopic (exact) mass is 490 g/mol. The lowest BCUT2D eigenvalue weighted by Gasteiger charge is -2.21. The van der Waals surface area contributed by atoms with Gasteiger partial charge in [-0.25, -0.2) is 0 Å². The molecule has 0 saturated heterocycles. The molecule has 27 heavy (non-hydrogen) atoms. The van der Waals surface area contributed by atoms with Crippen molar-refractivity contribution in [2.45, 2.75) is 52.5 Å². The summed E-state index contributed by atoms with van der Waals surface area (Å²) in [6.45, 7) is 11.0. The molecule has 0 aliphatic heterocycles. The molecule has 0 radical (unpaired) electrons. The van der Waals surface area contributed by atoms with Crippen molar-refractivity contribution in [2.75, 3.05) is 40.3 Å². The van der Waals surface area contributed by atoms with E-state index in [9.17, 15) is 0 Å². The Balaban J connectivity index is 0.00000676. The third kappa shape index (κ3) is 11.4. The van der Waals surface area contributed by atoms with Crippen LogP contribution in [0.2, 0.25) is 0 Å². The van der Waals surface area contributed by atoms with E-state index in [1.165, 1.54) is 18.5 Å². The van der Waals surface area contributed by atoms with Gasteiger partial charge in [-0.05, 0) is 69.9 Å². The van der Waals surface area contributed by atoms with Gasteiger partial charge in [-0.3, -0.25) is 4.99 Å². The van der Waals surface area contributed by atoms with Crippen molar-refractivity contribution >= 4 is 29.9 Å². The predicted molar refractivity (Wildman–Crippen MR) is 128 cm³/mol. The number of aryl methyl sites for hydroxylation is 1. The van der Waals surface area contributed by atoms with Crippen molar-refractivity contribution in [1.29, 1.82) is 0 Å². The van der Waals surface area contributed by atoms with Crippen LogP contribution in [0.5, 0.6) is 5.75 Å². The molecule has 156 valence electrons. The average molecular weight is 490 g/mol. The van der Waals surface area contributed by atoms with Crippen LogP contribution >= 0.6 is 24.0 Å². The number of nitrogens with one attached hydrogen (secondary N) is 2. The number of halogens is 1. The number of aliphatic imine (C=N–C) groups is 1. The molecule has 0 spiro atoms. The highest BCUT2D eigenvalue weighted by Gasteiger charge is 2.06. The topological polar surface area (TPSA) is 48.9 Å². The van der Waals surface area contributed by atoms with Gasteiger partial charge in [-0.15, -0.1) is 24.0 Å². The van der Waals surface area contributed by atoms with E-state index in [1.807, 2.05) is 19.2 Å². The molecule has 5 nitrogen and oxygen atoms in total. The molecule has 1 aromatic rings. The van der Waals surface area contributed by atoms with E-state index in [2.05, 4.69) is 53.4 Å². The van der Waals surface area contributed by atoms with Crippen LogP contribution in [0, 0.1) is 0 Å². The van der Waals surface area contributed by atoms with Crippen molar-refractivity contribution in [1.82, 2.24) is 15.5 Å². The Morgan fingerprint density at radius 3 is 2.59 bits per heavy atom. The van der Waals surface area contributed by atoms with Gasteiger partial charge in [-0.2, -0.15) is 0 Å². The van der Waals surface area contributed by atoms with Gasteiger partial charge in [0.1, 0.15) is 5.75 Å². The van der Waals surface area contributed by atoms with Gasteiger partial charge in [0.25, 0.3) is 0 Å². The van der Waals surface area contributed by atoms with Crippen LogP contribution in [0.4, 0.5) is 0 Å². The summed E-state index contributed by atoms with van der Waals surface area (Å²) in [5, 5.41) is 6.91. The highest BCUT2D eigenvalue weighted by atomic mass is 127. The summed E-state index contributed by atoms with van der Waals surface area (Å²) in [4.78, 5) is 6.81. The minimum Gasteiger partial charge on any atom is -0.497 e. The molecule has 1 rings (SSSR count). The van der Waals surface area contributed by atoms with E-state index in [0.29, 0.717) is 6.04 Å². The van der Waals surface area contributed by atoms with Gasteiger partial charge in [0.15, 0.2) is 5.96 Å². The Kier molecular flexibility index (Phi) is 15.4. The number of methoxy groups -OCH3 is 1. The molecule has 0 amide bonds. The van der Waals surface area contributed by atoms with Crippen molar-refractivity contribution in [3.05, 3.63) is 29.8 Å². The maximum Gasteiger partial charge on any atom is 0.191 e. The molecule has 0 heterocycles. The average Bonchev–Trinajstić information content (AvgIpc) is 2.67. The maximum atomic E-state index is 5.27. The number of ether oxygens (including phenoxy) is 1. The lowest BCUT2D eigenvalue weighted by molar-refractivity contribution is 0.292. The van der Waals surface area contributed by atoms with Gasteiger partial charge in [0, 0.05) is 19.6 Å². The molecule has 0 aliphatic rings. The Labute approximate surface area is 183 Å². The summed E-state index contributed by atoms with van der Waals surface area (Å²) in [6.07, 6.45) is 4.45. The largest absolute Gasteiger partial charge is 0.497 e. The van der Waals surface area contributed by atoms with Crippen LogP contribution in [0.3, 0.4) is 0 Å². The first-order valence-electron chi connectivity index (χ1n) is 9.95. The van der Waals surface area contributed by atoms with Crippen LogP contribution in [-0.4, -0.2) is 57.2 Å². The minimum absolute atomic E-state index is 0. The molecule has 6 heteroatoms. The second-order valence-corrected chi connectivity index (χ2v) is 6.67. The Morgan fingerprint density at radius 2 is 1.96 bits per heavy atom. The van der Waals surface area contributed by atoms with Gasteiger partial charge >= 0.3 is 0 Å². The zero-order valence-corrected chi connectivity index (χ0v) is 20.1. The van der Waals surface area contributed by atoms with E-state index in [4.69, 9.17) is 4.74 Å². The summed E-state index contributed by atoms with van der Waals surface area (Å²) < 4.78 is 5.27. The number of benzene rings is 1. The lowest BCUT2D eigenvalue weighted by atomic mass is 10.1. The zero-order valence-electron chi connectivity index (χ0n) is 17.8. The number of hydrogen-bond donors (Lipinski definition) is 2. The van der Waals surface area contributed by atoms with Gasteiger partial charge in [0.2, 0.25) is 0 Å². The normalized spacial score (nSPS) is 12.4. The highest BCUT2D eigenvalue weighted by molar-refractivity contribution is 14.0. The quantitative estimate of drug-likeness (QED) is 0.202. The first-order chi connectivity index (χ1) is 12.6. The van der Waals surface area contributed by atoms with Crippen molar-refractivity contribution in [3.63, 3.8) is 0 Å². The Hall–Kier alpha value is -1.02. The zero-order chi connectivity index (χ0) is 19.2. The first kappa shape index (κ1) is 26.0. The molecular formula is C21H39IN4O. The molecule has 0 aliphatic carbocycles. The summed E-state index contributed by atoms with van der Waals surface area (Å²) in [5.41, 5.74) is 1.30. The van der Waals surface area contributed by atoms with Gasteiger partial charge in [-0.1, -0.05) is 26.0 Å². The fraction of sp³-hybridized carbons (Fsp3) is 0.667. The molecule has 1 atom stereocenters. The maximum absolute atomic E-state index is 5.27. The van der Waals surface area contributed by atoms with E-state index in [-0.39, 0.29) is 24.0 Å². The Morgan fingerprint density at radius 1 is 1.22 bits per heavy atom. The van der Waals surface area contributed by atoms with E-state index >= 15 is 0 Å².